The first-order valence-electron chi connectivity index (χ1n) is 7.20. The van der Waals surface area contributed by atoms with Crippen LogP contribution >= 0.6 is 11.6 Å². The molecule has 4 heterocycles. The molecule has 2 fully saturated rings. The fourth-order valence-corrected chi connectivity index (χ4v) is 3.65. The number of nitrogens with one attached hydrogen (secondary N) is 2. The smallest absolute Gasteiger partial charge is 0.144 e. The van der Waals surface area contributed by atoms with Crippen molar-refractivity contribution >= 4 is 28.5 Å². The van der Waals surface area contributed by atoms with E-state index in [9.17, 15) is 0 Å². The fraction of sp³-hybridized carbons (Fsp3) is 0.571. The van der Waals surface area contributed by atoms with Crippen LogP contribution in [0.1, 0.15) is 18.4 Å². The molecule has 2 saturated heterocycles. The van der Waals surface area contributed by atoms with Gasteiger partial charge in [0.25, 0.3) is 0 Å². The third kappa shape index (κ3) is 1.66. The van der Waals surface area contributed by atoms with Crippen LogP contribution in [0.2, 0.25) is 5.02 Å². The molecular weight excluding hydrogens is 274 g/mol. The van der Waals surface area contributed by atoms with E-state index in [0.29, 0.717) is 6.04 Å². The van der Waals surface area contributed by atoms with Crippen LogP contribution in [0, 0.1) is 12.8 Å². The minimum atomic E-state index is 0.615. The molecule has 2 unspecified atom stereocenters. The highest BCUT2D eigenvalue weighted by Crippen LogP contribution is 2.36. The molecule has 0 amide bonds. The molecule has 2 N–H and O–H groups in total. The number of hydrogen-bond acceptors (Lipinski definition) is 4. The Kier molecular flexibility index (Phi) is 2.69. The molecule has 2 aliphatic rings. The average Bonchev–Trinajstić information content (AvgIpc) is 2.87. The van der Waals surface area contributed by atoms with Crippen LogP contribution in [0.4, 0.5) is 5.82 Å². The Morgan fingerprint density at radius 2 is 2.20 bits per heavy atom. The summed E-state index contributed by atoms with van der Waals surface area (Å²) in [5.41, 5.74) is 1.91. The molecule has 106 valence electrons. The minimum absolute atomic E-state index is 0.615. The first kappa shape index (κ1) is 12.4. The highest BCUT2D eigenvalue weighted by molar-refractivity contribution is 6.37. The second-order valence-corrected chi connectivity index (χ2v) is 6.15. The summed E-state index contributed by atoms with van der Waals surface area (Å²) in [5.74, 6) is 2.54. The molecule has 6 heteroatoms. The number of rotatable bonds is 2. The van der Waals surface area contributed by atoms with Crippen LogP contribution in [0.5, 0.6) is 0 Å². The Morgan fingerprint density at radius 1 is 1.35 bits per heavy atom. The van der Waals surface area contributed by atoms with Crippen molar-refractivity contribution < 1.29 is 0 Å². The number of aromatic amines is 1. The van der Waals surface area contributed by atoms with E-state index in [1.807, 2.05) is 6.92 Å². The molecule has 0 saturated carbocycles. The normalized spacial score (nSPS) is 25.1. The molecule has 2 aromatic rings. The van der Waals surface area contributed by atoms with E-state index in [1.165, 1.54) is 0 Å². The van der Waals surface area contributed by atoms with Gasteiger partial charge in [0.15, 0.2) is 0 Å². The van der Waals surface area contributed by atoms with Gasteiger partial charge in [-0.3, -0.25) is 0 Å². The molecule has 0 aliphatic carbocycles. The Bertz CT molecular complexity index is 668. The molecule has 2 aromatic heterocycles. The number of anilines is 1. The fourth-order valence-electron chi connectivity index (χ4n) is 3.30. The van der Waals surface area contributed by atoms with E-state index in [4.69, 9.17) is 11.6 Å². The van der Waals surface area contributed by atoms with Gasteiger partial charge in [-0.2, -0.15) is 0 Å². The summed E-state index contributed by atoms with van der Waals surface area (Å²) < 4.78 is 0. The predicted octanol–water partition coefficient (Wildman–Crippen LogP) is 1.89. The van der Waals surface area contributed by atoms with Gasteiger partial charge in [-0.1, -0.05) is 18.5 Å². The van der Waals surface area contributed by atoms with E-state index in [0.717, 1.165) is 65.4 Å². The van der Waals surface area contributed by atoms with Crippen LogP contribution in [0.15, 0.2) is 0 Å². The van der Waals surface area contributed by atoms with Crippen molar-refractivity contribution in [3.8, 4) is 0 Å². The van der Waals surface area contributed by atoms with Crippen molar-refractivity contribution in [3.05, 3.63) is 16.5 Å². The minimum Gasteiger partial charge on any atom is -0.354 e. The Balaban J connectivity index is 1.87. The van der Waals surface area contributed by atoms with Gasteiger partial charge < -0.3 is 15.2 Å². The molecule has 2 aliphatic heterocycles. The molecule has 0 radical (unpaired) electrons. The Hall–Kier alpha value is -1.33. The number of H-pyrrole nitrogens is 1. The maximum atomic E-state index is 6.53. The van der Waals surface area contributed by atoms with E-state index in [-0.39, 0.29) is 0 Å². The number of hydrogen-bond donors (Lipinski definition) is 2. The number of nitrogens with zero attached hydrogens (tertiary/aromatic N) is 3. The molecule has 0 aromatic carbocycles. The lowest BCUT2D eigenvalue weighted by atomic mass is 9.96. The summed E-state index contributed by atoms with van der Waals surface area (Å²) in [4.78, 5) is 14.9. The molecular formula is C14H18ClN5. The summed E-state index contributed by atoms with van der Waals surface area (Å²) in [6, 6.07) is 0.615. The van der Waals surface area contributed by atoms with Gasteiger partial charge in [0.1, 0.15) is 17.3 Å². The van der Waals surface area contributed by atoms with Crippen molar-refractivity contribution in [2.24, 2.45) is 5.92 Å². The quantitative estimate of drug-likeness (QED) is 0.887. The topological polar surface area (TPSA) is 56.8 Å². The second kappa shape index (κ2) is 4.33. The van der Waals surface area contributed by atoms with E-state index in [2.05, 4.69) is 32.1 Å². The molecule has 0 bridgehead atoms. The van der Waals surface area contributed by atoms with Crippen LogP contribution < -0.4 is 10.2 Å². The summed E-state index contributed by atoms with van der Waals surface area (Å²) in [6.45, 7) is 7.23. The van der Waals surface area contributed by atoms with Crippen molar-refractivity contribution in [2.45, 2.75) is 26.3 Å². The largest absolute Gasteiger partial charge is 0.354 e. The van der Waals surface area contributed by atoms with Gasteiger partial charge in [-0.25, -0.2) is 9.97 Å². The second-order valence-electron chi connectivity index (χ2n) is 5.77. The molecule has 20 heavy (non-hydrogen) atoms. The van der Waals surface area contributed by atoms with Crippen molar-refractivity contribution in [3.63, 3.8) is 0 Å². The summed E-state index contributed by atoms with van der Waals surface area (Å²) in [5, 5.41) is 5.24. The number of fused-ring (bicyclic) bond motifs is 2. The third-order valence-corrected chi connectivity index (χ3v) is 4.91. The lowest BCUT2D eigenvalue weighted by Crippen LogP contribution is -2.51. The first-order chi connectivity index (χ1) is 9.67. The molecule has 4 rings (SSSR count). The number of aryl methyl sites for hydroxylation is 2. The molecule has 5 nitrogen and oxygen atoms in total. The lowest BCUT2D eigenvalue weighted by Gasteiger charge is -2.29. The van der Waals surface area contributed by atoms with Crippen LogP contribution in [-0.4, -0.2) is 40.6 Å². The van der Waals surface area contributed by atoms with Gasteiger partial charge in [0.2, 0.25) is 0 Å². The number of halogens is 1. The van der Waals surface area contributed by atoms with Gasteiger partial charge in [0.05, 0.1) is 10.4 Å². The van der Waals surface area contributed by atoms with Crippen molar-refractivity contribution in [1.29, 1.82) is 0 Å². The van der Waals surface area contributed by atoms with Crippen LogP contribution in [-0.2, 0) is 6.42 Å². The van der Waals surface area contributed by atoms with Gasteiger partial charge in [-0.15, -0.1) is 0 Å². The zero-order chi connectivity index (χ0) is 13.9. The van der Waals surface area contributed by atoms with E-state index in [1.54, 1.807) is 0 Å². The van der Waals surface area contributed by atoms with E-state index < -0.39 is 0 Å². The van der Waals surface area contributed by atoms with Crippen LogP contribution in [0.25, 0.3) is 11.0 Å². The highest BCUT2D eigenvalue weighted by atomic mass is 35.5. The summed E-state index contributed by atoms with van der Waals surface area (Å²) in [7, 11) is 0. The average molecular weight is 292 g/mol. The summed E-state index contributed by atoms with van der Waals surface area (Å²) >= 11 is 6.53. The van der Waals surface area contributed by atoms with Gasteiger partial charge in [-0.05, 0) is 13.3 Å². The zero-order valence-corrected chi connectivity index (χ0v) is 12.5. The monoisotopic (exact) mass is 291 g/mol. The predicted molar refractivity (Wildman–Crippen MR) is 80.5 cm³/mol. The lowest BCUT2D eigenvalue weighted by molar-refractivity contribution is 0.297. The summed E-state index contributed by atoms with van der Waals surface area (Å²) in [6.07, 6.45) is 0.875. The Morgan fingerprint density at radius 3 is 2.80 bits per heavy atom. The van der Waals surface area contributed by atoms with E-state index >= 15 is 0 Å². The van der Waals surface area contributed by atoms with Gasteiger partial charge >= 0.3 is 0 Å². The maximum absolute atomic E-state index is 6.53. The van der Waals surface area contributed by atoms with Crippen molar-refractivity contribution in [1.82, 2.24) is 20.3 Å². The number of aromatic nitrogens is 3. The third-order valence-electron chi connectivity index (χ3n) is 4.49. The molecule has 0 spiro atoms. The zero-order valence-electron chi connectivity index (χ0n) is 11.7. The Labute approximate surface area is 122 Å². The maximum Gasteiger partial charge on any atom is 0.144 e. The highest BCUT2D eigenvalue weighted by Gasteiger charge is 2.40. The molecule has 2 atom stereocenters. The first-order valence-corrected chi connectivity index (χ1v) is 7.58. The van der Waals surface area contributed by atoms with Crippen LogP contribution in [0.3, 0.4) is 0 Å². The van der Waals surface area contributed by atoms with Crippen molar-refractivity contribution in [2.75, 3.05) is 24.5 Å². The standard InChI is InChI=1S/C14H18ClN5/c1-3-9-12(15)11-13(19-9)17-7(2)18-14(11)20-5-8-4-16-10(8)6-20/h8,10,16H,3-6H2,1-2H3,(H,17,18,19). The van der Waals surface area contributed by atoms with Gasteiger partial charge in [0, 0.05) is 37.3 Å². The SMILES string of the molecule is CCc1[nH]c2nc(C)nc(N3CC4CNC4C3)c2c1Cl.